The Morgan fingerprint density at radius 1 is 1.25 bits per heavy atom. The summed E-state index contributed by atoms with van der Waals surface area (Å²) in [7, 11) is 0. The van der Waals surface area contributed by atoms with E-state index >= 15 is 0 Å². The van der Waals surface area contributed by atoms with Gasteiger partial charge in [-0.2, -0.15) is 13.2 Å². The fourth-order valence-electron chi connectivity index (χ4n) is 1.49. The number of hydrogen-bond acceptors (Lipinski definition) is 3. The Balaban J connectivity index is 0.000000168. The molecule has 0 bridgehead atoms. The lowest BCUT2D eigenvalue weighted by atomic mass is 10.3. The van der Waals surface area contributed by atoms with Gasteiger partial charge in [0.05, 0.1) is 0 Å². The molecule has 94 valence electrons. The Hall–Kier alpha value is -0.820. The molecule has 7 heteroatoms. The molecule has 1 aliphatic carbocycles. The minimum atomic E-state index is -5.08. The molecule has 2 rings (SSSR count). The molecule has 1 heterocycles. The molecule has 2 fully saturated rings. The molecule has 0 radical (unpaired) electrons. The molecule has 0 amide bonds. The van der Waals surface area contributed by atoms with Crippen LogP contribution in [-0.2, 0) is 4.79 Å². The van der Waals surface area contributed by atoms with Gasteiger partial charge in [0.15, 0.2) is 0 Å². The monoisotopic (exact) mass is 240 g/mol. The second-order valence-electron chi connectivity index (χ2n) is 3.82. The number of piperazine rings is 1. The second kappa shape index (κ2) is 5.49. The standard InChI is InChI=1S/C7H14N2.C2HF3O2/c1-2-7(1)9-5-3-8-4-6-9;3-2(4,5)1(6)7/h7-8H,1-6H2;(H,6,7). The van der Waals surface area contributed by atoms with Crippen molar-refractivity contribution in [3.05, 3.63) is 0 Å². The Labute approximate surface area is 91.4 Å². The predicted octanol–water partition coefficient (Wildman–Crippen LogP) is 0.687. The number of aliphatic carboxylic acids is 1. The van der Waals surface area contributed by atoms with Crippen molar-refractivity contribution in [2.45, 2.75) is 25.1 Å². The predicted molar refractivity (Wildman–Crippen MR) is 51.2 cm³/mol. The van der Waals surface area contributed by atoms with Gasteiger partial charge in [0.25, 0.3) is 0 Å². The fourth-order valence-corrected chi connectivity index (χ4v) is 1.49. The molecule has 2 N–H and O–H groups in total. The SMILES string of the molecule is C1CN(C2CC2)CCN1.O=C(O)C(F)(F)F. The zero-order valence-electron chi connectivity index (χ0n) is 8.76. The van der Waals surface area contributed by atoms with Crippen LogP contribution in [0.5, 0.6) is 0 Å². The lowest BCUT2D eigenvalue weighted by molar-refractivity contribution is -0.192. The van der Waals surface area contributed by atoms with Crippen LogP contribution >= 0.6 is 0 Å². The first kappa shape index (κ1) is 13.2. The summed E-state index contributed by atoms with van der Waals surface area (Å²) in [5.74, 6) is -2.76. The summed E-state index contributed by atoms with van der Waals surface area (Å²) in [4.78, 5) is 11.5. The van der Waals surface area contributed by atoms with Gasteiger partial charge in [0.1, 0.15) is 0 Å². The van der Waals surface area contributed by atoms with Gasteiger partial charge in [0, 0.05) is 32.2 Å². The number of carbonyl (C=O) groups is 1. The maximum absolute atomic E-state index is 10.6. The smallest absolute Gasteiger partial charge is 0.475 e. The van der Waals surface area contributed by atoms with Gasteiger partial charge in [0.2, 0.25) is 0 Å². The van der Waals surface area contributed by atoms with Gasteiger partial charge in [-0.3, -0.25) is 4.90 Å². The molecule has 0 spiro atoms. The molecule has 1 aliphatic heterocycles. The van der Waals surface area contributed by atoms with E-state index in [2.05, 4.69) is 10.2 Å². The van der Waals surface area contributed by atoms with E-state index in [1.807, 2.05) is 0 Å². The molecule has 0 unspecified atom stereocenters. The summed E-state index contributed by atoms with van der Waals surface area (Å²) < 4.78 is 31.7. The molecule has 1 saturated carbocycles. The van der Waals surface area contributed by atoms with Crippen LogP contribution in [0.1, 0.15) is 12.8 Å². The average Bonchev–Trinajstić information content (AvgIpc) is 3.02. The van der Waals surface area contributed by atoms with E-state index in [9.17, 15) is 13.2 Å². The molecule has 2 aliphatic rings. The number of halogens is 3. The molecular weight excluding hydrogens is 225 g/mol. The molecule has 0 aromatic rings. The normalized spacial score (nSPS) is 22.2. The van der Waals surface area contributed by atoms with Crippen molar-refractivity contribution >= 4 is 5.97 Å². The van der Waals surface area contributed by atoms with E-state index in [0.717, 1.165) is 6.04 Å². The minimum Gasteiger partial charge on any atom is -0.475 e. The molecule has 0 atom stereocenters. The first-order valence-electron chi connectivity index (χ1n) is 5.16. The van der Waals surface area contributed by atoms with Crippen LogP contribution in [0.4, 0.5) is 13.2 Å². The zero-order valence-corrected chi connectivity index (χ0v) is 8.76. The van der Waals surface area contributed by atoms with Gasteiger partial charge in [-0.15, -0.1) is 0 Å². The van der Waals surface area contributed by atoms with Crippen LogP contribution in [0.15, 0.2) is 0 Å². The summed E-state index contributed by atoms with van der Waals surface area (Å²) in [6.45, 7) is 4.97. The van der Waals surface area contributed by atoms with Gasteiger partial charge in [-0.1, -0.05) is 0 Å². The van der Waals surface area contributed by atoms with Gasteiger partial charge >= 0.3 is 12.1 Å². The molecule has 4 nitrogen and oxygen atoms in total. The topological polar surface area (TPSA) is 52.6 Å². The lowest BCUT2D eigenvalue weighted by Gasteiger charge is -2.26. The summed E-state index contributed by atoms with van der Waals surface area (Å²) >= 11 is 0. The maximum atomic E-state index is 10.6. The largest absolute Gasteiger partial charge is 0.490 e. The highest BCUT2D eigenvalue weighted by molar-refractivity contribution is 5.73. The number of nitrogens with zero attached hydrogens (tertiary/aromatic N) is 1. The van der Waals surface area contributed by atoms with E-state index in [1.165, 1.54) is 39.0 Å². The van der Waals surface area contributed by atoms with Crippen LogP contribution in [0.25, 0.3) is 0 Å². The summed E-state index contributed by atoms with van der Waals surface area (Å²) in [6, 6.07) is 0.979. The third-order valence-corrected chi connectivity index (χ3v) is 2.46. The number of nitrogens with one attached hydrogen (secondary N) is 1. The second-order valence-corrected chi connectivity index (χ2v) is 3.82. The van der Waals surface area contributed by atoms with Crippen molar-refractivity contribution in [1.29, 1.82) is 0 Å². The van der Waals surface area contributed by atoms with Crippen molar-refractivity contribution in [2.75, 3.05) is 26.2 Å². The number of rotatable bonds is 1. The van der Waals surface area contributed by atoms with Crippen molar-refractivity contribution < 1.29 is 23.1 Å². The molecule has 0 aromatic heterocycles. The van der Waals surface area contributed by atoms with E-state index in [4.69, 9.17) is 9.90 Å². The zero-order chi connectivity index (χ0) is 12.2. The third kappa shape index (κ3) is 4.80. The molecular formula is C9H15F3N2O2. The summed E-state index contributed by atoms with van der Waals surface area (Å²) in [5, 5.41) is 10.5. The molecule has 0 aromatic carbocycles. The Morgan fingerprint density at radius 3 is 2.00 bits per heavy atom. The van der Waals surface area contributed by atoms with Crippen molar-refractivity contribution in [3.8, 4) is 0 Å². The fraction of sp³-hybridized carbons (Fsp3) is 0.889. The van der Waals surface area contributed by atoms with Crippen molar-refractivity contribution in [1.82, 2.24) is 10.2 Å². The van der Waals surface area contributed by atoms with Gasteiger partial charge in [-0.05, 0) is 12.8 Å². The third-order valence-electron chi connectivity index (χ3n) is 2.46. The summed E-state index contributed by atoms with van der Waals surface area (Å²) in [5.41, 5.74) is 0. The van der Waals surface area contributed by atoms with Gasteiger partial charge in [-0.25, -0.2) is 4.79 Å². The van der Waals surface area contributed by atoms with Crippen LogP contribution in [-0.4, -0.2) is 54.4 Å². The Bertz CT molecular complexity index is 235. The van der Waals surface area contributed by atoms with E-state index in [0.29, 0.717) is 0 Å². The minimum absolute atomic E-state index is 0.979. The highest BCUT2D eigenvalue weighted by Crippen LogP contribution is 2.26. The first-order valence-corrected chi connectivity index (χ1v) is 5.16. The number of carboxylic acid groups (broad SMARTS) is 1. The quantitative estimate of drug-likeness (QED) is 0.708. The maximum Gasteiger partial charge on any atom is 0.490 e. The summed E-state index contributed by atoms with van der Waals surface area (Å²) in [6.07, 6.45) is -2.17. The lowest BCUT2D eigenvalue weighted by Crippen LogP contribution is -2.44. The molecule has 1 saturated heterocycles. The van der Waals surface area contributed by atoms with Crippen LogP contribution in [0, 0.1) is 0 Å². The highest BCUT2D eigenvalue weighted by atomic mass is 19.4. The van der Waals surface area contributed by atoms with Crippen molar-refractivity contribution in [2.24, 2.45) is 0 Å². The van der Waals surface area contributed by atoms with Crippen molar-refractivity contribution in [3.63, 3.8) is 0 Å². The van der Waals surface area contributed by atoms with Crippen LogP contribution in [0.2, 0.25) is 0 Å². The Morgan fingerprint density at radius 2 is 1.69 bits per heavy atom. The van der Waals surface area contributed by atoms with Crippen LogP contribution < -0.4 is 5.32 Å². The average molecular weight is 240 g/mol. The number of alkyl halides is 3. The Kier molecular flexibility index (Phi) is 4.55. The first-order chi connectivity index (χ1) is 7.41. The molecule has 16 heavy (non-hydrogen) atoms. The van der Waals surface area contributed by atoms with E-state index in [1.54, 1.807) is 0 Å². The number of hydrogen-bond donors (Lipinski definition) is 2. The van der Waals surface area contributed by atoms with Crippen LogP contribution in [0.3, 0.4) is 0 Å². The number of carboxylic acids is 1. The van der Waals surface area contributed by atoms with Gasteiger partial charge < -0.3 is 10.4 Å². The van der Waals surface area contributed by atoms with E-state index < -0.39 is 12.1 Å². The van der Waals surface area contributed by atoms with E-state index in [-0.39, 0.29) is 0 Å². The highest BCUT2D eigenvalue weighted by Gasteiger charge is 2.38.